The summed E-state index contributed by atoms with van der Waals surface area (Å²) in [6.07, 6.45) is 1.97. The molecule has 2 heteroatoms. The first-order valence-corrected chi connectivity index (χ1v) is 6.32. The Hall–Kier alpha value is -1.93. The fourth-order valence-electron chi connectivity index (χ4n) is 2.28. The van der Waals surface area contributed by atoms with Crippen LogP contribution in [0.4, 0.5) is 0 Å². The van der Waals surface area contributed by atoms with Gasteiger partial charge in [-0.15, -0.1) is 11.3 Å². The van der Waals surface area contributed by atoms with Crippen LogP contribution in [0.3, 0.4) is 0 Å². The van der Waals surface area contributed by atoms with E-state index in [0.717, 1.165) is 10.9 Å². The molecule has 0 bridgehead atoms. The third-order valence-corrected chi connectivity index (χ3v) is 4.13. The molecule has 0 atom stereocenters. The Labute approximate surface area is 102 Å². The van der Waals surface area contributed by atoms with Gasteiger partial charge >= 0.3 is 0 Å². The van der Waals surface area contributed by atoms with Crippen LogP contribution in [0.2, 0.25) is 0 Å². The van der Waals surface area contributed by atoms with E-state index in [-0.39, 0.29) is 0 Å². The summed E-state index contributed by atoms with van der Waals surface area (Å²) in [6, 6.07) is 17.8. The minimum atomic E-state index is 1.02. The molecule has 0 amide bonds. The molecule has 0 saturated heterocycles. The molecule has 17 heavy (non-hydrogen) atoms. The molecular formula is C15H8NS. The van der Waals surface area contributed by atoms with E-state index in [1.54, 1.807) is 11.3 Å². The van der Waals surface area contributed by atoms with E-state index in [0.29, 0.717) is 0 Å². The van der Waals surface area contributed by atoms with E-state index in [2.05, 4.69) is 35.3 Å². The normalized spacial score (nSPS) is 11.5. The molecule has 79 valence electrons. The van der Waals surface area contributed by atoms with Crippen LogP contribution in [0.5, 0.6) is 0 Å². The lowest BCUT2D eigenvalue weighted by molar-refractivity contribution is 1.46. The van der Waals surface area contributed by atoms with E-state index in [9.17, 15) is 0 Å². The van der Waals surface area contributed by atoms with Gasteiger partial charge in [0, 0.05) is 27.1 Å². The highest BCUT2D eigenvalue weighted by molar-refractivity contribution is 7.26. The monoisotopic (exact) mass is 234 g/mol. The van der Waals surface area contributed by atoms with Crippen molar-refractivity contribution in [3.63, 3.8) is 0 Å². The van der Waals surface area contributed by atoms with Crippen LogP contribution in [0.1, 0.15) is 0 Å². The van der Waals surface area contributed by atoms with E-state index in [1.807, 2.05) is 24.4 Å². The number of thiophene rings is 1. The van der Waals surface area contributed by atoms with Crippen molar-refractivity contribution in [2.45, 2.75) is 0 Å². The summed E-state index contributed by atoms with van der Waals surface area (Å²) in [5.41, 5.74) is 1.02. The van der Waals surface area contributed by atoms with Gasteiger partial charge in [-0.1, -0.05) is 30.3 Å². The van der Waals surface area contributed by atoms with Crippen LogP contribution in [0, 0.1) is 6.07 Å². The SMILES string of the molecule is [c]1cccc2ncc3sc4ccccc4c3c12. The Morgan fingerprint density at radius 3 is 2.94 bits per heavy atom. The van der Waals surface area contributed by atoms with Crippen molar-refractivity contribution in [2.75, 3.05) is 0 Å². The van der Waals surface area contributed by atoms with Gasteiger partial charge in [0.25, 0.3) is 0 Å². The summed E-state index contributed by atoms with van der Waals surface area (Å²) in [7, 11) is 0. The van der Waals surface area contributed by atoms with Crippen LogP contribution in [0.15, 0.2) is 48.7 Å². The minimum absolute atomic E-state index is 1.02. The lowest BCUT2D eigenvalue weighted by Crippen LogP contribution is -1.78. The van der Waals surface area contributed by atoms with E-state index >= 15 is 0 Å². The predicted molar refractivity (Wildman–Crippen MR) is 73.5 cm³/mol. The Bertz CT molecular complexity index is 839. The molecule has 0 saturated carbocycles. The molecule has 2 heterocycles. The average Bonchev–Trinajstić information content (AvgIpc) is 2.77. The van der Waals surface area contributed by atoms with E-state index in [1.165, 1.54) is 20.2 Å². The van der Waals surface area contributed by atoms with Gasteiger partial charge in [0.2, 0.25) is 0 Å². The van der Waals surface area contributed by atoms with Crippen LogP contribution in [-0.2, 0) is 0 Å². The molecule has 2 aromatic heterocycles. The summed E-state index contributed by atoms with van der Waals surface area (Å²) in [4.78, 5) is 4.48. The van der Waals surface area contributed by atoms with Crippen LogP contribution < -0.4 is 0 Å². The molecular weight excluding hydrogens is 226 g/mol. The second-order valence-electron chi connectivity index (χ2n) is 4.03. The Kier molecular flexibility index (Phi) is 1.76. The Morgan fingerprint density at radius 2 is 1.94 bits per heavy atom. The van der Waals surface area contributed by atoms with Crippen molar-refractivity contribution in [2.24, 2.45) is 0 Å². The molecule has 0 spiro atoms. The number of nitrogens with zero attached hydrogens (tertiary/aromatic N) is 1. The second kappa shape index (κ2) is 3.28. The predicted octanol–water partition coefficient (Wildman–Crippen LogP) is 4.40. The molecule has 4 rings (SSSR count). The summed E-state index contributed by atoms with van der Waals surface area (Å²) in [5, 5.41) is 3.72. The highest BCUT2D eigenvalue weighted by Gasteiger charge is 2.08. The van der Waals surface area contributed by atoms with Gasteiger partial charge in [0.05, 0.1) is 10.2 Å². The number of benzene rings is 2. The third-order valence-electron chi connectivity index (χ3n) is 3.03. The van der Waals surface area contributed by atoms with Crippen molar-refractivity contribution in [1.29, 1.82) is 0 Å². The molecule has 0 aliphatic rings. The maximum Gasteiger partial charge on any atom is 0.0715 e. The van der Waals surface area contributed by atoms with Crippen molar-refractivity contribution < 1.29 is 0 Å². The number of rotatable bonds is 0. The molecule has 0 N–H and O–H groups in total. The van der Waals surface area contributed by atoms with Gasteiger partial charge < -0.3 is 0 Å². The first-order chi connectivity index (χ1) is 8.43. The molecule has 2 aromatic carbocycles. The van der Waals surface area contributed by atoms with E-state index < -0.39 is 0 Å². The van der Waals surface area contributed by atoms with E-state index in [4.69, 9.17) is 0 Å². The maximum atomic E-state index is 4.48. The van der Waals surface area contributed by atoms with Gasteiger partial charge in [-0.3, -0.25) is 4.98 Å². The molecule has 1 nitrogen and oxygen atoms in total. The number of hydrogen-bond acceptors (Lipinski definition) is 2. The zero-order valence-electron chi connectivity index (χ0n) is 8.97. The van der Waals surface area contributed by atoms with Gasteiger partial charge in [-0.25, -0.2) is 0 Å². The summed E-state index contributed by atoms with van der Waals surface area (Å²) in [5.74, 6) is 0. The average molecular weight is 234 g/mol. The van der Waals surface area contributed by atoms with Gasteiger partial charge in [-0.05, 0) is 18.2 Å². The zero-order valence-corrected chi connectivity index (χ0v) is 9.79. The minimum Gasteiger partial charge on any atom is -0.255 e. The molecule has 0 aliphatic heterocycles. The molecule has 0 fully saturated rings. The topological polar surface area (TPSA) is 12.9 Å². The number of hydrogen-bond donors (Lipinski definition) is 0. The largest absolute Gasteiger partial charge is 0.255 e. The first-order valence-electron chi connectivity index (χ1n) is 5.50. The van der Waals surface area contributed by atoms with Gasteiger partial charge in [-0.2, -0.15) is 0 Å². The Morgan fingerprint density at radius 1 is 1.00 bits per heavy atom. The van der Waals surface area contributed by atoms with Crippen LogP contribution in [0.25, 0.3) is 31.1 Å². The van der Waals surface area contributed by atoms with Crippen LogP contribution in [-0.4, -0.2) is 4.98 Å². The summed E-state index contributed by atoms with van der Waals surface area (Å²) in [6.45, 7) is 0. The highest BCUT2D eigenvalue weighted by atomic mass is 32.1. The smallest absolute Gasteiger partial charge is 0.0715 e. The fourth-order valence-corrected chi connectivity index (χ4v) is 3.36. The molecule has 0 aliphatic carbocycles. The van der Waals surface area contributed by atoms with Crippen molar-refractivity contribution in [1.82, 2.24) is 4.98 Å². The maximum absolute atomic E-state index is 4.48. The standard InChI is InChI=1S/C15H8NS/c1-3-7-12-10(5-1)15-11-6-2-4-8-13(11)17-14(15)9-16-12/h1-4,6-9H. The van der Waals surface area contributed by atoms with Crippen LogP contribution >= 0.6 is 11.3 Å². The fraction of sp³-hybridized carbons (Fsp3) is 0. The number of pyridine rings is 1. The quantitative estimate of drug-likeness (QED) is 0.439. The number of fused-ring (bicyclic) bond motifs is 5. The van der Waals surface area contributed by atoms with Crippen molar-refractivity contribution in [3.05, 3.63) is 54.7 Å². The summed E-state index contributed by atoms with van der Waals surface area (Å²) < 4.78 is 2.55. The van der Waals surface area contributed by atoms with Crippen molar-refractivity contribution >= 4 is 42.4 Å². The highest BCUT2D eigenvalue weighted by Crippen LogP contribution is 2.36. The molecule has 1 radical (unpaired) electrons. The molecule has 4 aromatic rings. The third kappa shape index (κ3) is 1.22. The first kappa shape index (κ1) is 9.14. The lowest BCUT2D eigenvalue weighted by Gasteiger charge is -1.98. The molecule has 0 unspecified atom stereocenters. The lowest BCUT2D eigenvalue weighted by atomic mass is 10.1. The van der Waals surface area contributed by atoms with Crippen molar-refractivity contribution in [3.8, 4) is 0 Å². The zero-order chi connectivity index (χ0) is 11.2. The van der Waals surface area contributed by atoms with Gasteiger partial charge in [0.1, 0.15) is 0 Å². The Balaban J connectivity index is 2.38. The van der Waals surface area contributed by atoms with Gasteiger partial charge in [0.15, 0.2) is 0 Å². The second-order valence-corrected chi connectivity index (χ2v) is 5.11. The summed E-state index contributed by atoms with van der Waals surface area (Å²) >= 11 is 1.79. The number of aromatic nitrogens is 1.